The Morgan fingerprint density at radius 3 is 2.30 bits per heavy atom. The first-order valence-electron chi connectivity index (χ1n) is 7.07. The van der Waals surface area contributed by atoms with Crippen LogP contribution >= 0.6 is 0 Å². The van der Waals surface area contributed by atoms with E-state index >= 15 is 0 Å². The summed E-state index contributed by atoms with van der Waals surface area (Å²) in [7, 11) is 0. The maximum Gasteiger partial charge on any atom is 0.0992 e. The predicted molar refractivity (Wildman–Crippen MR) is 83.6 cm³/mol. The van der Waals surface area contributed by atoms with Crippen molar-refractivity contribution in [2.75, 3.05) is 6.54 Å². The van der Waals surface area contributed by atoms with Gasteiger partial charge < -0.3 is 10.4 Å². The molecular formula is C18H23NO. The van der Waals surface area contributed by atoms with E-state index in [4.69, 9.17) is 0 Å². The van der Waals surface area contributed by atoms with Gasteiger partial charge in [-0.15, -0.1) is 0 Å². The van der Waals surface area contributed by atoms with Crippen molar-refractivity contribution in [3.63, 3.8) is 0 Å². The molecule has 2 unspecified atom stereocenters. The van der Waals surface area contributed by atoms with Crippen molar-refractivity contribution in [2.24, 2.45) is 0 Å². The molecule has 0 saturated carbocycles. The second kappa shape index (κ2) is 6.21. The van der Waals surface area contributed by atoms with Gasteiger partial charge in [0.15, 0.2) is 0 Å². The SMILES string of the molecule is Cc1ccccc1C(C)NCC(C)(O)c1ccccc1. The summed E-state index contributed by atoms with van der Waals surface area (Å²) in [5, 5.41) is 14.0. The summed E-state index contributed by atoms with van der Waals surface area (Å²) < 4.78 is 0. The van der Waals surface area contributed by atoms with Crippen LogP contribution in [0.3, 0.4) is 0 Å². The first kappa shape index (κ1) is 14.8. The van der Waals surface area contributed by atoms with E-state index in [-0.39, 0.29) is 6.04 Å². The highest BCUT2D eigenvalue weighted by Crippen LogP contribution is 2.22. The Kier molecular flexibility index (Phi) is 4.58. The molecule has 0 heterocycles. The predicted octanol–water partition coefficient (Wildman–Crippen LogP) is 3.55. The molecule has 2 heteroatoms. The van der Waals surface area contributed by atoms with Gasteiger partial charge in [-0.2, -0.15) is 0 Å². The Bertz CT molecular complexity index is 548. The zero-order chi connectivity index (χ0) is 14.6. The van der Waals surface area contributed by atoms with Crippen LogP contribution in [0.5, 0.6) is 0 Å². The molecule has 0 aliphatic heterocycles. The molecule has 0 amide bonds. The second-order valence-electron chi connectivity index (χ2n) is 5.60. The number of hydrogen-bond donors (Lipinski definition) is 2. The molecule has 0 saturated heterocycles. The molecule has 2 atom stereocenters. The average Bonchev–Trinajstić information content (AvgIpc) is 2.46. The molecule has 106 valence electrons. The third kappa shape index (κ3) is 3.47. The molecule has 0 spiro atoms. The number of aryl methyl sites for hydroxylation is 1. The van der Waals surface area contributed by atoms with Crippen LogP contribution in [0.25, 0.3) is 0 Å². The van der Waals surface area contributed by atoms with Crippen molar-refractivity contribution in [3.8, 4) is 0 Å². The molecule has 0 radical (unpaired) electrons. The van der Waals surface area contributed by atoms with Crippen molar-refractivity contribution < 1.29 is 5.11 Å². The van der Waals surface area contributed by atoms with Gasteiger partial charge in [-0.05, 0) is 37.5 Å². The Morgan fingerprint density at radius 1 is 1.05 bits per heavy atom. The third-order valence-electron chi connectivity index (χ3n) is 3.80. The monoisotopic (exact) mass is 269 g/mol. The minimum Gasteiger partial charge on any atom is -0.384 e. The largest absolute Gasteiger partial charge is 0.384 e. The Balaban J connectivity index is 2.03. The quantitative estimate of drug-likeness (QED) is 0.870. The lowest BCUT2D eigenvalue weighted by Gasteiger charge is -2.27. The molecule has 2 aromatic carbocycles. The Labute approximate surface area is 121 Å². The topological polar surface area (TPSA) is 32.3 Å². The van der Waals surface area contributed by atoms with Gasteiger partial charge in [0.25, 0.3) is 0 Å². The lowest BCUT2D eigenvalue weighted by Crippen LogP contribution is -2.36. The molecule has 20 heavy (non-hydrogen) atoms. The molecule has 2 nitrogen and oxygen atoms in total. The maximum absolute atomic E-state index is 10.6. The number of hydrogen-bond acceptors (Lipinski definition) is 2. The summed E-state index contributed by atoms with van der Waals surface area (Å²) >= 11 is 0. The van der Waals surface area contributed by atoms with Crippen LogP contribution < -0.4 is 5.32 Å². The molecule has 0 aliphatic carbocycles. The van der Waals surface area contributed by atoms with Crippen LogP contribution in [0.15, 0.2) is 54.6 Å². The Morgan fingerprint density at radius 2 is 1.65 bits per heavy atom. The number of nitrogens with one attached hydrogen (secondary N) is 1. The zero-order valence-electron chi connectivity index (χ0n) is 12.4. The third-order valence-corrected chi connectivity index (χ3v) is 3.80. The lowest BCUT2D eigenvalue weighted by molar-refractivity contribution is 0.0543. The maximum atomic E-state index is 10.6. The smallest absolute Gasteiger partial charge is 0.0992 e. The van der Waals surface area contributed by atoms with Crippen LogP contribution in [-0.4, -0.2) is 11.7 Å². The van der Waals surface area contributed by atoms with Gasteiger partial charge in [0, 0.05) is 12.6 Å². The summed E-state index contributed by atoms with van der Waals surface area (Å²) in [4.78, 5) is 0. The van der Waals surface area contributed by atoms with Gasteiger partial charge >= 0.3 is 0 Å². The van der Waals surface area contributed by atoms with Gasteiger partial charge in [0.1, 0.15) is 0 Å². The molecule has 0 aliphatic rings. The van der Waals surface area contributed by atoms with Crippen LogP contribution in [0.1, 0.15) is 36.6 Å². The average molecular weight is 269 g/mol. The van der Waals surface area contributed by atoms with Crippen molar-refractivity contribution >= 4 is 0 Å². The second-order valence-corrected chi connectivity index (χ2v) is 5.60. The van der Waals surface area contributed by atoms with Gasteiger partial charge in [-0.1, -0.05) is 54.6 Å². The molecule has 0 fully saturated rings. The fourth-order valence-corrected chi connectivity index (χ4v) is 2.43. The van der Waals surface area contributed by atoms with E-state index in [1.54, 1.807) is 0 Å². The summed E-state index contributed by atoms with van der Waals surface area (Å²) in [5.41, 5.74) is 2.62. The van der Waals surface area contributed by atoms with Crippen LogP contribution in [-0.2, 0) is 5.60 Å². The fourth-order valence-electron chi connectivity index (χ4n) is 2.43. The molecule has 2 rings (SSSR count). The fraction of sp³-hybridized carbons (Fsp3) is 0.333. The summed E-state index contributed by atoms with van der Waals surface area (Å²) in [6.45, 7) is 6.61. The van der Waals surface area contributed by atoms with Crippen molar-refractivity contribution in [2.45, 2.75) is 32.4 Å². The molecule has 0 bridgehead atoms. The van der Waals surface area contributed by atoms with Crippen LogP contribution in [0, 0.1) is 6.92 Å². The first-order valence-corrected chi connectivity index (χ1v) is 7.07. The standard InChI is InChI=1S/C18H23NO/c1-14-9-7-8-12-17(14)15(2)19-13-18(3,20)16-10-5-4-6-11-16/h4-12,15,19-20H,13H2,1-3H3. The van der Waals surface area contributed by atoms with Crippen molar-refractivity contribution in [1.29, 1.82) is 0 Å². The van der Waals surface area contributed by atoms with Crippen LogP contribution in [0.2, 0.25) is 0 Å². The van der Waals surface area contributed by atoms with E-state index in [0.717, 1.165) is 5.56 Å². The summed E-state index contributed by atoms with van der Waals surface area (Å²) in [5.74, 6) is 0. The lowest BCUT2D eigenvalue weighted by atomic mass is 9.95. The van der Waals surface area contributed by atoms with E-state index in [0.29, 0.717) is 6.54 Å². The van der Waals surface area contributed by atoms with E-state index in [1.165, 1.54) is 11.1 Å². The van der Waals surface area contributed by atoms with Crippen LogP contribution in [0.4, 0.5) is 0 Å². The Hall–Kier alpha value is -1.64. The minimum atomic E-state index is -0.863. The molecular weight excluding hydrogens is 246 g/mol. The van der Waals surface area contributed by atoms with E-state index < -0.39 is 5.60 Å². The number of aliphatic hydroxyl groups is 1. The van der Waals surface area contributed by atoms with Crippen molar-refractivity contribution in [1.82, 2.24) is 5.32 Å². The van der Waals surface area contributed by atoms with E-state index in [9.17, 15) is 5.11 Å². The minimum absolute atomic E-state index is 0.214. The molecule has 2 aromatic rings. The summed E-state index contributed by atoms with van der Waals surface area (Å²) in [6.07, 6.45) is 0. The molecule has 0 aromatic heterocycles. The van der Waals surface area contributed by atoms with Gasteiger partial charge in [0.05, 0.1) is 5.60 Å². The normalized spacial score (nSPS) is 15.6. The number of benzene rings is 2. The van der Waals surface area contributed by atoms with Crippen molar-refractivity contribution in [3.05, 3.63) is 71.3 Å². The highest BCUT2D eigenvalue weighted by molar-refractivity contribution is 5.28. The van der Waals surface area contributed by atoms with Gasteiger partial charge in [-0.25, -0.2) is 0 Å². The zero-order valence-corrected chi connectivity index (χ0v) is 12.4. The van der Waals surface area contributed by atoms with Gasteiger partial charge in [0.2, 0.25) is 0 Å². The molecule has 2 N–H and O–H groups in total. The highest BCUT2D eigenvalue weighted by Gasteiger charge is 2.23. The van der Waals surface area contributed by atoms with E-state index in [1.807, 2.05) is 43.3 Å². The first-order chi connectivity index (χ1) is 9.50. The number of rotatable bonds is 5. The van der Waals surface area contributed by atoms with E-state index in [2.05, 4.69) is 37.4 Å². The summed E-state index contributed by atoms with van der Waals surface area (Å²) in [6, 6.07) is 18.3. The van der Waals surface area contributed by atoms with Gasteiger partial charge in [-0.3, -0.25) is 0 Å². The highest BCUT2D eigenvalue weighted by atomic mass is 16.3.